The van der Waals surface area contributed by atoms with Gasteiger partial charge < -0.3 is 28.2 Å². The number of rotatable bonds is 6. The number of fused-ring (bicyclic) bond motifs is 1. The summed E-state index contributed by atoms with van der Waals surface area (Å²) in [7, 11) is 0.855. The zero-order valence-corrected chi connectivity index (χ0v) is 21.0. The molecular formula is C25H32BN3O6. The molecule has 1 amide bonds. The van der Waals surface area contributed by atoms with Crippen molar-refractivity contribution in [3.63, 3.8) is 0 Å². The molecule has 0 N–H and O–H groups in total. The second kappa shape index (κ2) is 8.76. The number of carbonyl (C=O) groups excluding carboxylic acids is 2. The number of ether oxygens (including phenoxy) is 2. The van der Waals surface area contributed by atoms with Gasteiger partial charge in [0.1, 0.15) is 5.82 Å². The van der Waals surface area contributed by atoms with E-state index in [-0.39, 0.29) is 12.0 Å². The Labute approximate surface area is 205 Å². The molecule has 9 nitrogen and oxygen atoms in total. The fourth-order valence-electron chi connectivity index (χ4n) is 4.58. The first-order valence-corrected chi connectivity index (χ1v) is 12.1. The number of nitrogens with zero attached hydrogens (tertiary/aromatic N) is 3. The Bertz CT molecular complexity index is 1180. The fourth-order valence-corrected chi connectivity index (χ4v) is 4.58. The molecule has 2 saturated heterocycles. The lowest BCUT2D eigenvalue weighted by atomic mass is 9.74. The summed E-state index contributed by atoms with van der Waals surface area (Å²) in [4.78, 5) is 31.8. The number of esters is 1. The molecule has 2 fully saturated rings. The molecule has 1 atom stereocenters. The lowest BCUT2D eigenvalue weighted by molar-refractivity contribution is -0.127. The molecule has 3 aliphatic rings. The third kappa shape index (κ3) is 4.39. The Hall–Kier alpha value is -2.69. The number of hydrogen-bond acceptors (Lipinski definition) is 7. The van der Waals surface area contributed by atoms with Gasteiger partial charge in [0.2, 0.25) is 5.91 Å². The third-order valence-corrected chi connectivity index (χ3v) is 7.61. The van der Waals surface area contributed by atoms with E-state index >= 15 is 0 Å². The summed E-state index contributed by atoms with van der Waals surface area (Å²) >= 11 is 0. The van der Waals surface area contributed by atoms with Crippen LogP contribution in [-0.4, -0.2) is 71.0 Å². The van der Waals surface area contributed by atoms with Gasteiger partial charge in [0.25, 0.3) is 0 Å². The van der Waals surface area contributed by atoms with E-state index in [4.69, 9.17) is 23.8 Å². The van der Waals surface area contributed by atoms with Crippen LogP contribution in [0.1, 0.15) is 56.7 Å². The smallest absolute Gasteiger partial charge is 0.465 e. The average molecular weight is 481 g/mol. The maximum Gasteiger partial charge on any atom is 0.490 e. The van der Waals surface area contributed by atoms with Crippen molar-refractivity contribution in [2.75, 3.05) is 20.3 Å². The first kappa shape index (κ1) is 24.0. The number of amides is 1. The molecule has 0 spiro atoms. The van der Waals surface area contributed by atoms with Gasteiger partial charge in [-0.1, -0.05) is 0 Å². The molecule has 1 aromatic carbocycles. The van der Waals surface area contributed by atoms with Gasteiger partial charge in [0, 0.05) is 13.2 Å². The fraction of sp³-hybridized carbons (Fsp3) is 0.560. The minimum atomic E-state index is -0.511. The van der Waals surface area contributed by atoms with Crippen molar-refractivity contribution in [2.24, 2.45) is 0 Å². The predicted octanol–water partition coefficient (Wildman–Crippen LogP) is 2.90. The molecule has 0 radical (unpaired) electrons. The van der Waals surface area contributed by atoms with Crippen LogP contribution in [0, 0.1) is 0 Å². The van der Waals surface area contributed by atoms with Gasteiger partial charge in [-0.25, -0.2) is 9.78 Å². The predicted molar refractivity (Wildman–Crippen MR) is 130 cm³/mol. The molecule has 2 aromatic rings. The van der Waals surface area contributed by atoms with Crippen LogP contribution in [0.3, 0.4) is 0 Å². The van der Waals surface area contributed by atoms with E-state index in [1.807, 2.05) is 33.8 Å². The van der Waals surface area contributed by atoms with Crippen LogP contribution >= 0.6 is 0 Å². The van der Waals surface area contributed by atoms with E-state index in [2.05, 4.69) is 4.57 Å². The molecule has 0 saturated carbocycles. The van der Waals surface area contributed by atoms with Crippen molar-refractivity contribution < 1.29 is 28.4 Å². The lowest BCUT2D eigenvalue weighted by Gasteiger charge is -2.32. The van der Waals surface area contributed by atoms with E-state index < -0.39 is 24.3 Å². The summed E-state index contributed by atoms with van der Waals surface area (Å²) < 4.78 is 24.9. The number of aromatic nitrogens is 2. The molecule has 35 heavy (non-hydrogen) atoms. The van der Waals surface area contributed by atoms with Gasteiger partial charge >= 0.3 is 13.1 Å². The second-order valence-corrected chi connectivity index (χ2v) is 10.4. The quantitative estimate of drug-likeness (QED) is 0.463. The van der Waals surface area contributed by atoms with E-state index in [0.717, 1.165) is 35.4 Å². The minimum absolute atomic E-state index is 0.0882. The largest absolute Gasteiger partial charge is 0.490 e. The minimum Gasteiger partial charge on any atom is -0.465 e. The molecular weight excluding hydrogens is 449 g/mol. The van der Waals surface area contributed by atoms with Crippen molar-refractivity contribution in [2.45, 2.75) is 70.9 Å². The van der Waals surface area contributed by atoms with Gasteiger partial charge in [-0.3, -0.25) is 4.79 Å². The Balaban J connectivity index is 1.39. The highest BCUT2D eigenvalue weighted by Crippen LogP contribution is 2.39. The zero-order valence-electron chi connectivity index (χ0n) is 21.0. The van der Waals surface area contributed by atoms with Crippen LogP contribution in [0.4, 0.5) is 0 Å². The van der Waals surface area contributed by atoms with Crippen LogP contribution in [0.2, 0.25) is 0 Å². The Morgan fingerprint density at radius 2 is 1.94 bits per heavy atom. The highest BCUT2D eigenvalue weighted by atomic mass is 16.7. The van der Waals surface area contributed by atoms with Gasteiger partial charge in [0.05, 0.1) is 54.1 Å². The number of imidazole rings is 1. The Morgan fingerprint density at radius 1 is 1.23 bits per heavy atom. The number of carbonyl (C=O) groups is 2. The number of methoxy groups -OCH3 is 1. The standard InChI is InChI=1S/C25H32BN3O6/c1-24(2)25(3,4)35-26(34-24)17-8-10-28(22(30)13-17)15-21-27-19-7-6-16(23(31)32-5)12-20(19)29(21)14-18-9-11-33-18/h6-7,12-13,18H,8-11,14-15H2,1-5H3/t18-/m0/s1. The summed E-state index contributed by atoms with van der Waals surface area (Å²) in [6.07, 6.45) is 3.38. The SMILES string of the molecule is COC(=O)c1ccc2nc(CN3CCC(B4OC(C)(C)C(C)(C)O4)=CC3=O)n(C[C@@H]3CCO3)c2c1. The topological polar surface area (TPSA) is 92.1 Å². The second-order valence-electron chi connectivity index (χ2n) is 10.4. The van der Waals surface area contributed by atoms with E-state index in [1.54, 1.807) is 23.1 Å². The summed E-state index contributed by atoms with van der Waals surface area (Å²) in [5.74, 6) is 0.278. The molecule has 186 valence electrons. The Morgan fingerprint density at radius 3 is 2.54 bits per heavy atom. The molecule has 1 aromatic heterocycles. The molecule has 5 rings (SSSR count). The van der Waals surface area contributed by atoms with Gasteiger partial charge in [-0.15, -0.1) is 0 Å². The third-order valence-electron chi connectivity index (χ3n) is 7.61. The molecule has 3 aliphatic heterocycles. The molecule has 10 heteroatoms. The van der Waals surface area contributed by atoms with Crippen LogP contribution in [0.25, 0.3) is 11.0 Å². The summed E-state index contributed by atoms with van der Waals surface area (Å²) in [5, 5.41) is 0. The lowest BCUT2D eigenvalue weighted by Crippen LogP contribution is -2.41. The molecule has 4 heterocycles. The highest BCUT2D eigenvalue weighted by Gasteiger charge is 2.52. The maximum atomic E-state index is 13.1. The van der Waals surface area contributed by atoms with Crippen molar-refractivity contribution in [1.82, 2.24) is 14.5 Å². The summed E-state index contributed by atoms with van der Waals surface area (Å²) in [6, 6.07) is 5.32. The Kier molecular flexibility index (Phi) is 6.01. The van der Waals surface area contributed by atoms with Gasteiger partial charge in [-0.05, 0) is 70.3 Å². The van der Waals surface area contributed by atoms with Crippen molar-refractivity contribution >= 4 is 30.0 Å². The number of benzene rings is 1. The van der Waals surface area contributed by atoms with Gasteiger partial charge in [-0.2, -0.15) is 0 Å². The first-order chi connectivity index (χ1) is 16.6. The van der Waals surface area contributed by atoms with Crippen LogP contribution in [-0.2, 0) is 36.7 Å². The molecule has 0 bridgehead atoms. The summed E-state index contributed by atoms with van der Waals surface area (Å²) in [5.41, 5.74) is 2.03. The van der Waals surface area contributed by atoms with Crippen molar-refractivity contribution in [3.8, 4) is 0 Å². The number of hydrogen-bond donors (Lipinski definition) is 0. The maximum absolute atomic E-state index is 13.1. The molecule has 0 unspecified atom stereocenters. The van der Waals surface area contributed by atoms with Gasteiger partial charge in [0.15, 0.2) is 0 Å². The van der Waals surface area contributed by atoms with Crippen LogP contribution in [0.5, 0.6) is 0 Å². The average Bonchev–Trinajstić information content (AvgIpc) is 3.23. The monoisotopic (exact) mass is 481 g/mol. The van der Waals surface area contributed by atoms with E-state index in [1.165, 1.54) is 7.11 Å². The van der Waals surface area contributed by atoms with Crippen LogP contribution < -0.4 is 0 Å². The first-order valence-electron chi connectivity index (χ1n) is 12.1. The van der Waals surface area contributed by atoms with E-state index in [9.17, 15) is 9.59 Å². The zero-order chi connectivity index (χ0) is 25.0. The molecule has 0 aliphatic carbocycles. The normalized spacial score (nSPS) is 23.4. The highest BCUT2D eigenvalue weighted by molar-refractivity contribution is 6.55. The van der Waals surface area contributed by atoms with Crippen molar-refractivity contribution in [1.29, 1.82) is 0 Å². The summed E-state index contributed by atoms with van der Waals surface area (Å²) in [6.45, 7) is 10.3. The van der Waals surface area contributed by atoms with Crippen LogP contribution in [0.15, 0.2) is 29.7 Å². The van der Waals surface area contributed by atoms with Crippen molar-refractivity contribution in [3.05, 3.63) is 41.1 Å². The van der Waals surface area contributed by atoms with E-state index in [0.29, 0.717) is 31.6 Å².